The first-order valence-electron chi connectivity index (χ1n) is 14.9. The molecular formula is C33H44O2. The highest BCUT2D eigenvalue weighted by Gasteiger charge is 2.33. The van der Waals surface area contributed by atoms with Gasteiger partial charge >= 0.3 is 0 Å². The molecule has 2 nitrogen and oxygen atoms in total. The zero-order valence-corrected chi connectivity index (χ0v) is 21.5. The summed E-state index contributed by atoms with van der Waals surface area (Å²) in [6, 6.07) is 8.52. The van der Waals surface area contributed by atoms with Gasteiger partial charge in [-0.3, -0.25) is 0 Å². The fourth-order valence-corrected chi connectivity index (χ4v) is 8.53. The standard InChI is InChI=1S/C33H44O2/c34-28-19-17-26(30(22-9-1-2-10-22)32(28)24-13-5-6-14-24)21-27-18-20-29(35)33(25-15-7-8-16-25)31(27)23-11-3-4-12-23/h17-20,22-25,34-35H,1-16,21H2. The average Bonchev–Trinajstić information content (AvgIpc) is 3.69. The van der Waals surface area contributed by atoms with Gasteiger partial charge in [-0.15, -0.1) is 0 Å². The van der Waals surface area contributed by atoms with E-state index in [0.29, 0.717) is 35.2 Å². The number of benzene rings is 2. The summed E-state index contributed by atoms with van der Waals surface area (Å²) in [5.41, 5.74) is 8.57. The molecule has 0 spiro atoms. The van der Waals surface area contributed by atoms with E-state index in [1.54, 1.807) is 0 Å². The maximum atomic E-state index is 11.1. The van der Waals surface area contributed by atoms with Gasteiger partial charge in [0, 0.05) is 11.1 Å². The lowest BCUT2D eigenvalue weighted by Gasteiger charge is -2.28. The van der Waals surface area contributed by atoms with Crippen LogP contribution in [0.1, 0.15) is 160 Å². The summed E-state index contributed by atoms with van der Waals surface area (Å²) in [4.78, 5) is 0. The van der Waals surface area contributed by atoms with Crippen LogP contribution in [0, 0.1) is 0 Å². The van der Waals surface area contributed by atoms with Crippen molar-refractivity contribution in [3.05, 3.63) is 57.6 Å². The van der Waals surface area contributed by atoms with Gasteiger partial charge in [0.15, 0.2) is 0 Å². The average molecular weight is 473 g/mol. The van der Waals surface area contributed by atoms with Crippen LogP contribution in [0.5, 0.6) is 11.5 Å². The molecule has 0 aliphatic heterocycles. The van der Waals surface area contributed by atoms with Gasteiger partial charge in [0.2, 0.25) is 0 Å². The Morgan fingerprint density at radius 2 is 0.714 bits per heavy atom. The van der Waals surface area contributed by atoms with E-state index in [0.717, 1.165) is 6.42 Å². The van der Waals surface area contributed by atoms with E-state index < -0.39 is 0 Å². The Kier molecular flexibility index (Phi) is 6.82. The van der Waals surface area contributed by atoms with E-state index in [-0.39, 0.29) is 0 Å². The van der Waals surface area contributed by atoms with Crippen molar-refractivity contribution in [1.82, 2.24) is 0 Å². The Labute approximate surface area is 212 Å². The van der Waals surface area contributed by atoms with Crippen molar-refractivity contribution in [3.8, 4) is 11.5 Å². The van der Waals surface area contributed by atoms with Gasteiger partial charge in [0.05, 0.1) is 0 Å². The van der Waals surface area contributed by atoms with Crippen molar-refractivity contribution in [2.75, 3.05) is 0 Å². The minimum atomic E-state index is 0.536. The van der Waals surface area contributed by atoms with E-state index in [9.17, 15) is 10.2 Å². The van der Waals surface area contributed by atoms with Crippen molar-refractivity contribution in [3.63, 3.8) is 0 Å². The maximum Gasteiger partial charge on any atom is 0.119 e. The second-order valence-electron chi connectivity index (χ2n) is 12.2. The van der Waals surface area contributed by atoms with E-state index >= 15 is 0 Å². The highest BCUT2D eigenvalue weighted by molar-refractivity contribution is 5.54. The molecule has 0 amide bonds. The van der Waals surface area contributed by atoms with Gasteiger partial charge in [0.25, 0.3) is 0 Å². The number of hydrogen-bond donors (Lipinski definition) is 2. The third kappa shape index (κ3) is 4.51. The molecule has 4 aliphatic rings. The zero-order chi connectivity index (χ0) is 23.8. The molecule has 2 aromatic rings. The SMILES string of the molecule is Oc1ccc(Cc2ccc(O)c(C3CCCC3)c2C2CCCC2)c(C2CCCC2)c1C1CCCC1. The van der Waals surface area contributed by atoms with Crippen molar-refractivity contribution in [2.45, 2.75) is 133 Å². The van der Waals surface area contributed by atoms with Gasteiger partial charge in [-0.1, -0.05) is 63.5 Å². The molecule has 6 rings (SSSR count). The molecule has 4 aliphatic carbocycles. The van der Waals surface area contributed by atoms with Crippen LogP contribution in [-0.2, 0) is 6.42 Å². The molecule has 2 N–H and O–H groups in total. The lowest BCUT2D eigenvalue weighted by molar-refractivity contribution is 0.456. The van der Waals surface area contributed by atoms with E-state index in [1.165, 1.54) is 136 Å². The minimum Gasteiger partial charge on any atom is -0.508 e. The highest BCUT2D eigenvalue weighted by atomic mass is 16.3. The van der Waals surface area contributed by atoms with Gasteiger partial charge in [-0.2, -0.15) is 0 Å². The van der Waals surface area contributed by atoms with E-state index in [1.807, 2.05) is 12.1 Å². The zero-order valence-electron chi connectivity index (χ0n) is 21.5. The number of rotatable bonds is 6. The van der Waals surface area contributed by atoms with Gasteiger partial charge in [0.1, 0.15) is 11.5 Å². The van der Waals surface area contributed by atoms with Gasteiger partial charge < -0.3 is 10.2 Å². The monoisotopic (exact) mass is 472 g/mol. The van der Waals surface area contributed by atoms with Gasteiger partial charge in [-0.25, -0.2) is 0 Å². The molecule has 0 unspecified atom stereocenters. The molecule has 188 valence electrons. The molecule has 0 atom stereocenters. The third-order valence-electron chi connectivity index (χ3n) is 10.1. The second kappa shape index (κ2) is 10.2. The first-order chi connectivity index (χ1) is 17.2. The first kappa shape index (κ1) is 23.4. The van der Waals surface area contributed by atoms with Crippen LogP contribution in [0.4, 0.5) is 0 Å². The Bertz CT molecular complexity index is 946. The Morgan fingerprint density at radius 3 is 1.03 bits per heavy atom. The lowest BCUT2D eigenvalue weighted by Crippen LogP contribution is -2.11. The molecular weight excluding hydrogens is 428 g/mol. The number of aromatic hydroxyl groups is 2. The minimum absolute atomic E-state index is 0.536. The fourth-order valence-electron chi connectivity index (χ4n) is 8.53. The van der Waals surface area contributed by atoms with Crippen LogP contribution < -0.4 is 0 Å². The molecule has 4 fully saturated rings. The van der Waals surface area contributed by atoms with Crippen LogP contribution in [0.15, 0.2) is 24.3 Å². The molecule has 0 bridgehead atoms. The second-order valence-corrected chi connectivity index (χ2v) is 12.2. The van der Waals surface area contributed by atoms with Crippen molar-refractivity contribution >= 4 is 0 Å². The van der Waals surface area contributed by atoms with Crippen LogP contribution >= 0.6 is 0 Å². The number of phenols is 2. The first-order valence-corrected chi connectivity index (χ1v) is 14.9. The largest absolute Gasteiger partial charge is 0.508 e. The van der Waals surface area contributed by atoms with Gasteiger partial charge in [-0.05, 0) is 116 Å². The van der Waals surface area contributed by atoms with Crippen LogP contribution in [-0.4, -0.2) is 10.2 Å². The molecule has 2 heteroatoms. The van der Waals surface area contributed by atoms with Crippen molar-refractivity contribution < 1.29 is 10.2 Å². The lowest BCUT2D eigenvalue weighted by atomic mass is 9.77. The summed E-state index contributed by atoms with van der Waals surface area (Å²) < 4.78 is 0. The Morgan fingerprint density at radius 1 is 0.429 bits per heavy atom. The third-order valence-corrected chi connectivity index (χ3v) is 10.1. The predicted octanol–water partition coefficient (Wildman–Crippen LogP) is 9.32. The van der Waals surface area contributed by atoms with E-state index in [4.69, 9.17) is 0 Å². The smallest absolute Gasteiger partial charge is 0.119 e. The normalized spacial score (nSPS) is 22.6. The molecule has 0 heterocycles. The molecule has 0 saturated heterocycles. The molecule has 2 aromatic carbocycles. The summed E-state index contributed by atoms with van der Waals surface area (Å²) in [6.07, 6.45) is 21.5. The summed E-state index contributed by atoms with van der Waals surface area (Å²) >= 11 is 0. The topological polar surface area (TPSA) is 40.5 Å². The number of hydrogen-bond acceptors (Lipinski definition) is 2. The molecule has 0 radical (unpaired) electrons. The summed E-state index contributed by atoms with van der Waals surface area (Å²) in [5.74, 6) is 3.39. The predicted molar refractivity (Wildman–Crippen MR) is 144 cm³/mol. The fraction of sp³-hybridized carbons (Fsp3) is 0.636. The van der Waals surface area contributed by atoms with Crippen LogP contribution in [0.3, 0.4) is 0 Å². The summed E-state index contributed by atoms with van der Waals surface area (Å²) in [5, 5.41) is 22.2. The van der Waals surface area contributed by atoms with Crippen LogP contribution in [0.2, 0.25) is 0 Å². The van der Waals surface area contributed by atoms with Crippen molar-refractivity contribution in [1.29, 1.82) is 0 Å². The van der Waals surface area contributed by atoms with Crippen molar-refractivity contribution in [2.24, 2.45) is 0 Å². The molecule has 35 heavy (non-hydrogen) atoms. The quantitative estimate of drug-likeness (QED) is 0.439. The van der Waals surface area contributed by atoms with E-state index in [2.05, 4.69) is 12.1 Å². The maximum absolute atomic E-state index is 11.1. The van der Waals surface area contributed by atoms with Crippen LogP contribution in [0.25, 0.3) is 0 Å². The Hall–Kier alpha value is -1.96. The highest BCUT2D eigenvalue weighted by Crippen LogP contribution is 2.50. The Balaban J connectivity index is 1.46. The summed E-state index contributed by atoms with van der Waals surface area (Å²) in [6.45, 7) is 0. The molecule has 4 saturated carbocycles. The number of phenolic OH excluding ortho intramolecular Hbond substituents is 2. The summed E-state index contributed by atoms with van der Waals surface area (Å²) in [7, 11) is 0. The molecule has 0 aromatic heterocycles.